The molecular weight excluding hydrogens is 268 g/mol. The van der Waals surface area contributed by atoms with E-state index in [0.717, 1.165) is 37.4 Å². The topological polar surface area (TPSA) is 58.2 Å². The first-order valence-electron chi connectivity index (χ1n) is 6.70. The number of thioether (sulfide) groups is 1. The molecule has 0 saturated carbocycles. The number of carbonyl (C=O) groups is 1. The highest BCUT2D eigenvalue weighted by molar-refractivity contribution is 8.00. The van der Waals surface area contributed by atoms with Crippen LogP contribution in [-0.2, 0) is 15.6 Å². The van der Waals surface area contributed by atoms with Crippen LogP contribution in [0.5, 0.6) is 0 Å². The van der Waals surface area contributed by atoms with Gasteiger partial charge in [-0.1, -0.05) is 0 Å². The number of amides is 1. The third-order valence-electron chi connectivity index (χ3n) is 3.49. The van der Waals surface area contributed by atoms with Crippen molar-refractivity contribution in [2.24, 2.45) is 0 Å². The van der Waals surface area contributed by atoms with Crippen LogP contribution in [0.25, 0.3) is 0 Å². The van der Waals surface area contributed by atoms with Crippen molar-refractivity contribution >= 4 is 28.5 Å². The minimum atomic E-state index is -0.647. The van der Waals surface area contributed by atoms with Crippen LogP contribution < -0.4 is 10.6 Å². The molecule has 2 N–H and O–H groups in total. The standard InChI is InChI=1S/C12H22N2O2S2/c15-12(9-17-11-1-5-13-6-2-11)14-10-3-7-18(16)8-4-10/h10-11,13H,1-9H2,(H,14,15). The Bertz CT molecular complexity index is 296. The summed E-state index contributed by atoms with van der Waals surface area (Å²) in [6, 6.07) is 0.254. The lowest BCUT2D eigenvalue weighted by atomic mass is 10.1. The highest BCUT2D eigenvalue weighted by Gasteiger charge is 2.20. The second-order valence-corrected chi connectivity index (χ2v) is 7.94. The van der Waals surface area contributed by atoms with Gasteiger partial charge < -0.3 is 10.6 Å². The van der Waals surface area contributed by atoms with Crippen LogP contribution in [0, 0.1) is 0 Å². The highest BCUT2D eigenvalue weighted by Crippen LogP contribution is 2.20. The first-order valence-corrected chi connectivity index (χ1v) is 9.24. The van der Waals surface area contributed by atoms with Gasteiger partial charge in [-0.25, -0.2) is 0 Å². The Morgan fingerprint density at radius 1 is 1.22 bits per heavy atom. The molecule has 6 heteroatoms. The van der Waals surface area contributed by atoms with Gasteiger partial charge >= 0.3 is 0 Å². The van der Waals surface area contributed by atoms with E-state index in [4.69, 9.17) is 0 Å². The number of rotatable bonds is 4. The molecule has 0 aromatic carbocycles. The predicted octanol–water partition coefficient (Wildman–Crippen LogP) is 0.499. The minimum absolute atomic E-state index is 0.149. The molecule has 0 unspecified atom stereocenters. The molecule has 0 radical (unpaired) electrons. The highest BCUT2D eigenvalue weighted by atomic mass is 32.2. The van der Waals surface area contributed by atoms with Crippen LogP contribution in [0.4, 0.5) is 0 Å². The number of piperidine rings is 1. The van der Waals surface area contributed by atoms with Gasteiger partial charge in [0.2, 0.25) is 5.91 Å². The van der Waals surface area contributed by atoms with Gasteiger partial charge in [0, 0.05) is 33.6 Å². The first-order chi connectivity index (χ1) is 8.74. The first kappa shape index (κ1) is 14.3. The van der Waals surface area contributed by atoms with E-state index in [-0.39, 0.29) is 11.9 Å². The Morgan fingerprint density at radius 2 is 1.89 bits per heavy atom. The van der Waals surface area contributed by atoms with E-state index >= 15 is 0 Å². The summed E-state index contributed by atoms with van der Waals surface area (Å²) in [6.07, 6.45) is 4.08. The SMILES string of the molecule is O=C(CSC1CCNCC1)NC1CCS(=O)CC1. The van der Waals surface area contributed by atoms with Gasteiger partial charge in [0.15, 0.2) is 0 Å². The van der Waals surface area contributed by atoms with Gasteiger partial charge in [0.05, 0.1) is 5.75 Å². The molecule has 2 saturated heterocycles. The van der Waals surface area contributed by atoms with Crippen LogP contribution in [0.2, 0.25) is 0 Å². The zero-order valence-electron chi connectivity index (χ0n) is 10.7. The van der Waals surface area contributed by atoms with Crippen molar-refractivity contribution in [1.82, 2.24) is 10.6 Å². The fraction of sp³-hybridized carbons (Fsp3) is 0.917. The molecule has 0 aromatic heterocycles. The van der Waals surface area contributed by atoms with Crippen molar-refractivity contribution in [3.8, 4) is 0 Å². The number of hydrogen-bond acceptors (Lipinski definition) is 4. The maximum atomic E-state index is 11.8. The predicted molar refractivity (Wildman–Crippen MR) is 77.4 cm³/mol. The average Bonchev–Trinajstić information content (AvgIpc) is 2.40. The molecule has 2 aliphatic rings. The fourth-order valence-electron chi connectivity index (χ4n) is 2.36. The van der Waals surface area contributed by atoms with Crippen LogP contribution in [0.3, 0.4) is 0 Å². The second kappa shape index (κ2) is 7.50. The van der Waals surface area contributed by atoms with E-state index < -0.39 is 10.8 Å². The normalized spacial score (nSPS) is 30.0. The molecule has 0 aliphatic carbocycles. The summed E-state index contributed by atoms with van der Waals surface area (Å²) >= 11 is 1.78. The summed E-state index contributed by atoms with van der Waals surface area (Å²) in [5, 5.41) is 7.03. The van der Waals surface area contributed by atoms with Gasteiger partial charge in [-0.15, -0.1) is 11.8 Å². The van der Waals surface area contributed by atoms with E-state index in [9.17, 15) is 9.00 Å². The maximum absolute atomic E-state index is 11.8. The smallest absolute Gasteiger partial charge is 0.230 e. The molecule has 2 rings (SSSR count). The van der Waals surface area contributed by atoms with Crippen LogP contribution in [0.1, 0.15) is 25.7 Å². The number of hydrogen-bond donors (Lipinski definition) is 2. The molecule has 2 fully saturated rings. The van der Waals surface area contributed by atoms with Crippen LogP contribution in [-0.4, -0.2) is 51.8 Å². The fourth-order valence-corrected chi connectivity index (χ4v) is 4.70. The minimum Gasteiger partial charge on any atom is -0.353 e. The molecule has 18 heavy (non-hydrogen) atoms. The molecule has 2 heterocycles. The molecule has 0 bridgehead atoms. The maximum Gasteiger partial charge on any atom is 0.230 e. The van der Waals surface area contributed by atoms with Gasteiger partial charge in [-0.2, -0.15) is 0 Å². The molecule has 0 atom stereocenters. The summed E-state index contributed by atoms with van der Waals surface area (Å²) in [5.41, 5.74) is 0. The second-order valence-electron chi connectivity index (χ2n) is 4.95. The Labute approximate surface area is 116 Å². The monoisotopic (exact) mass is 290 g/mol. The Hall–Kier alpha value is -0.0700. The van der Waals surface area contributed by atoms with E-state index in [2.05, 4.69) is 10.6 Å². The van der Waals surface area contributed by atoms with Crippen molar-refractivity contribution < 1.29 is 9.00 Å². The van der Waals surface area contributed by atoms with Crippen molar-refractivity contribution in [1.29, 1.82) is 0 Å². The third-order valence-corrected chi connectivity index (χ3v) is 6.24. The van der Waals surface area contributed by atoms with Crippen molar-refractivity contribution in [3.63, 3.8) is 0 Å². The Balaban J connectivity index is 1.61. The van der Waals surface area contributed by atoms with Crippen LogP contribution >= 0.6 is 11.8 Å². The molecular formula is C12H22N2O2S2. The summed E-state index contributed by atoms with van der Waals surface area (Å²) in [6.45, 7) is 2.15. The number of nitrogens with one attached hydrogen (secondary N) is 2. The zero-order valence-corrected chi connectivity index (χ0v) is 12.3. The summed E-state index contributed by atoms with van der Waals surface area (Å²) < 4.78 is 11.2. The van der Waals surface area contributed by atoms with Crippen molar-refractivity contribution in [2.75, 3.05) is 30.3 Å². The quantitative estimate of drug-likeness (QED) is 0.791. The van der Waals surface area contributed by atoms with E-state index in [0.29, 0.717) is 11.0 Å². The third kappa shape index (κ3) is 4.90. The van der Waals surface area contributed by atoms with Crippen molar-refractivity contribution in [2.45, 2.75) is 37.0 Å². The van der Waals surface area contributed by atoms with Gasteiger partial charge in [-0.3, -0.25) is 9.00 Å². The Morgan fingerprint density at radius 3 is 2.56 bits per heavy atom. The average molecular weight is 290 g/mol. The summed E-state index contributed by atoms with van der Waals surface area (Å²) in [7, 11) is -0.647. The van der Waals surface area contributed by atoms with Gasteiger partial charge in [0.25, 0.3) is 0 Å². The molecule has 1 amide bonds. The largest absolute Gasteiger partial charge is 0.353 e. The lowest BCUT2D eigenvalue weighted by molar-refractivity contribution is -0.119. The summed E-state index contributed by atoms with van der Waals surface area (Å²) in [4.78, 5) is 11.8. The van der Waals surface area contributed by atoms with E-state index in [1.807, 2.05) is 0 Å². The lowest BCUT2D eigenvalue weighted by Crippen LogP contribution is -2.40. The molecule has 4 nitrogen and oxygen atoms in total. The Kier molecular flexibility index (Phi) is 5.98. The summed E-state index contributed by atoms with van der Waals surface area (Å²) in [5.74, 6) is 2.21. The van der Waals surface area contributed by atoms with E-state index in [1.165, 1.54) is 12.8 Å². The van der Waals surface area contributed by atoms with Gasteiger partial charge in [-0.05, 0) is 38.8 Å². The van der Waals surface area contributed by atoms with Crippen molar-refractivity contribution in [3.05, 3.63) is 0 Å². The van der Waals surface area contributed by atoms with E-state index in [1.54, 1.807) is 11.8 Å². The molecule has 2 aliphatic heterocycles. The molecule has 0 spiro atoms. The zero-order chi connectivity index (χ0) is 12.8. The van der Waals surface area contributed by atoms with Crippen LogP contribution in [0.15, 0.2) is 0 Å². The lowest BCUT2D eigenvalue weighted by Gasteiger charge is -2.24. The molecule has 104 valence electrons. The van der Waals surface area contributed by atoms with Gasteiger partial charge in [0.1, 0.15) is 0 Å². The number of carbonyl (C=O) groups excluding carboxylic acids is 1. The molecule has 0 aromatic rings.